The molecule has 1 amide bonds. The van der Waals surface area contributed by atoms with Gasteiger partial charge >= 0.3 is 0 Å². The van der Waals surface area contributed by atoms with E-state index >= 15 is 0 Å². The van der Waals surface area contributed by atoms with Crippen molar-refractivity contribution in [1.82, 2.24) is 4.90 Å². The Kier molecular flexibility index (Phi) is 6.24. The first-order chi connectivity index (χ1) is 13.0. The Morgan fingerprint density at radius 2 is 2.04 bits per heavy atom. The van der Waals surface area contributed by atoms with Crippen LogP contribution in [0.1, 0.15) is 28.8 Å². The van der Waals surface area contributed by atoms with Crippen LogP contribution in [-0.2, 0) is 11.3 Å². The van der Waals surface area contributed by atoms with Gasteiger partial charge in [-0.25, -0.2) is 0 Å². The molecule has 2 aromatic carbocycles. The predicted octanol–water partition coefficient (Wildman–Crippen LogP) is 3.81. The Bertz CT molecular complexity index is 804. The van der Waals surface area contributed by atoms with Gasteiger partial charge in [0.1, 0.15) is 0 Å². The fraction of sp³-hybridized carbons (Fsp3) is 0.381. The molecule has 0 spiro atoms. The van der Waals surface area contributed by atoms with Crippen LogP contribution in [0.25, 0.3) is 0 Å². The molecule has 1 fully saturated rings. The van der Waals surface area contributed by atoms with Crippen LogP contribution in [0.5, 0.6) is 0 Å². The molecule has 1 aliphatic heterocycles. The van der Waals surface area contributed by atoms with Gasteiger partial charge in [0.2, 0.25) is 0 Å². The van der Waals surface area contributed by atoms with Crippen molar-refractivity contribution in [3.8, 4) is 0 Å². The Hall–Kier alpha value is -2.24. The molecule has 1 atom stereocenters. The van der Waals surface area contributed by atoms with Crippen molar-refractivity contribution in [2.45, 2.75) is 25.5 Å². The SMILES string of the molecule is CN(C)c1ccc(N)cc1CN(CC1CCCO1)C(=O)c1ccccc1Cl. The van der Waals surface area contributed by atoms with Gasteiger partial charge in [0.05, 0.1) is 16.7 Å². The van der Waals surface area contributed by atoms with Gasteiger partial charge in [-0.3, -0.25) is 4.79 Å². The lowest BCUT2D eigenvalue weighted by atomic mass is 10.1. The van der Waals surface area contributed by atoms with Crippen molar-refractivity contribution >= 4 is 28.9 Å². The number of benzene rings is 2. The van der Waals surface area contributed by atoms with Crippen molar-refractivity contribution in [1.29, 1.82) is 0 Å². The number of nitrogen functional groups attached to an aromatic ring is 1. The maximum absolute atomic E-state index is 13.3. The topological polar surface area (TPSA) is 58.8 Å². The van der Waals surface area contributed by atoms with E-state index < -0.39 is 0 Å². The van der Waals surface area contributed by atoms with E-state index in [4.69, 9.17) is 22.1 Å². The molecule has 2 aromatic rings. The summed E-state index contributed by atoms with van der Waals surface area (Å²) in [4.78, 5) is 17.1. The molecule has 1 saturated heterocycles. The second-order valence-corrected chi connectivity index (χ2v) is 7.49. The molecule has 0 radical (unpaired) electrons. The third-order valence-electron chi connectivity index (χ3n) is 4.79. The molecule has 1 unspecified atom stereocenters. The van der Waals surface area contributed by atoms with Gasteiger partial charge < -0.3 is 20.3 Å². The third-order valence-corrected chi connectivity index (χ3v) is 5.12. The van der Waals surface area contributed by atoms with Crippen LogP contribution in [0.3, 0.4) is 0 Å². The second kappa shape index (κ2) is 8.63. The number of rotatable bonds is 6. The van der Waals surface area contributed by atoms with Gasteiger partial charge in [0, 0.05) is 45.2 Å². The first-order valence-corrected chi connectivity index (χ1v) is 9.54. The van der Waals surface area contributed by atoms with Crippen LogP contribution in [0, 0.1) is 0 Å². The average Bonchev–Trinajstić information content (AvgIpc) is 3.14. The minimum absolute atomic E-state index is 0.0558. The smallest absolute Gasteiger partial charge is 0.255 e. The van der Waals surface area contributed by atoms with Crippen molar-refractivity contribution in [2.75, 3.05) is 37.9 Å². The largest absolute Gasteiger partial charge is 0.399 e. The Balaban J connectivity index is 1.92. The van der Waals surface area contributed by atoms with Gasteiger partial charge in [0.25, 0.3) is 5.91 Å². The molecule has 3 rings (SSSR count). The van der Waals surface area contributed by atoms with E-state index in [9.17, 15) is 4.79 Å². The average molecular weight is 388 g/mol. The summed E-state index contributed by atoms with van der Waals surface area (Å²) in [6.45, 7) is 1.73. The maximum Gasteiger partial charge on any atom is 0.255 e. The Morgan fingerprint density at radius 1 is 1.26 bits per heavy atom. The number of ether oxygens (including phenoxy) is 1. The summed E-state index contributed by atoms with van der Waals surface area (Å²) in [5, 5.41) is 0.459. The summed E-state index contributed by atoms with van der Waals surface area (Å²) in [5.74, 6) is -0.0942. The van der Waals surface area contributed by atoms with Crippen molar-refractivity contribution in [3.05, 3.63) is 58.6 Å². The molecule has 2 N–H and O–H groups in total. The standard InChI is InChI=1S/C21H26ClN3O2/c1-24(2)20-10-9-16(23)12-15(20)13-25(14-17-6-5-11-27-17)21(26)18-7-3-4-8-19(18)22/h3-4,7-10,12,17H,5-6,11,13-14,23H2,1-2H3. The summed E-state index contributed by atoms with van der Waals surface area (Å²) < 4.78 is 5.78. The minimum Gasteiger partial charge on any atom is -0.399 e. The third kappa shape index (κ3) is 4.73. The highest BCUT2D eigenvalue weighted by Gasteiger charge is 2.25. The number of amides is 1. The van der Waals surface area contributed by atoms with Gasteiger partial charge in [-0.05, 0) is 48.7 Å². The molecule has 0 aliphatic carbocycles. The van der Waals surface area contributed by atoms with E-state index in [0.717, 1.165) is 30.7 Å². The molecule has 1 heterocycles. The summed E-state index contributed by atoms with van der Waals surface area (Å²) in [6.07, 6.45) is 2.05. The molecule has 144 valence electrons. The molecule has 1 aliphatic rings. The summed E-state index contributed by atoms with van der Waals surface area (Å²) >= 11 is 6.28. The van der Waals surface area contributed by atoms with E-state index in [1.54, 1.807) is 12.1 Å². The second-order valence-electron chi connectivity index (χ2n) is 7.08. The number of carbonyl (C=O) groups excluding carboxylic acids is 1. The molecule has 6 heteroatoms. The molecular weight excluding hydrogens is 362 g/mol. The fourth-order valence-corrected chi connectivity index (χ4v) is 3.65. The number of carbonyl (C=O) groups is 1. The highest BCUT2D eigenvalue weighted by molar-refractivity contribution is 6.33. The van der Waals surface area contributed by atoms with E-state index in [1.807, 2.05) is 54.2 Å². The van der Waals surface area contributed by atoms with Gasteiger partial charge in [-0.15, -0.1) is 0 Å². The van der Waals surface area contributed by atoms with Crippen molar-refractivity contribution in [2.24, 2.45) is 0 Å². The van der Waals surface area contributed by atoms with Crippen LogP contribution in [-0.4, -0.2) is 44.2 Å². The molecule has 5 nitrogen and oxygen atoms in total. The normalized spacial score (nSPS) is 16.3. The lowest BCUT2D eigenvalue weighted by Gasteiger charge is -2.28. The summed E-state index contributed by atoms with van der Waals surface area (Å²) in [7, 11) is 3.96. The zero-order valence-electron chi connectivity index (χ0n) is 15.8. The quantitative estimate of drug-likeness (QED) is 0.766. The number of hydrogen-bond donors (Lipinski definition) is 1. The fourth-order valence-electron chi connectivity index (χ4n) is 3.43. The van der Waals surface area contributed by atoms with Gasteiger partial charge in [-0.1, -0.05) is 23.7 Å². The van der Waals surface area contributed by atoms with Crippen molar-refractivity contribution in [3.63, 3.8) is 0 Å². The van der Waals surface area contributed by atoms with Crippen LogP contribution in [0.15, 0.2) is 42.5 Å². The maximum atomic E-state index is 13.3. The number of halogens is 1. The molecule has 0 aromatic heterocycles. The lowest BCUT2D eigenvalue weighted by Crippen LogP contribution is -2.37. The summed E-state index contributed by atoms with van der Waals surface area (Å²) in [6, 6.07) is 12.9. The Morgan fingerprint density at radius 3 is 2.70 bits per heavy atom. The zero-order valence-corrected chi connectivity index (χ0v) is 16.6. The number of hydrogen-bond acceptors (Lipinski definition) is 4. The number of nitrogens with two attached hydrogens (primary N) is 1. The number of anilines is 2. The highest BCUT2D eigenvalue weighted by atomic mass is 35.5. The van der Waals surface area contributed by atoms with Crippen LogP contribution in [0.4, 0.5) is 11.4 Å². The predicted molar refractivity (Wildman–Crippen MR) is 110 cm³/mol. The van der Waals surface area contributed by atoms with Crippen LogP contribution < -0.4 is 10.6 Å². The number of nitrogens with zero attached hydrogens (tertiary/aromatic N) is 2. The van der Waals surface area contributed by atoms with E-state index in [-0.39, 0.29) is 12.0 Å². The van der Waals surface area contributed by atoms with Crippen LogP contribution >= 0.6 is 11.6 Å². The van der Waals surface area contributed by atoms with E-state index in [1.165, 1.54) is 0 Å². The van der Waals surface area contributed by atoms with E-state index in [0.29, 0.717) is 29.4 Å². The van der Waals surface area contributed by atoms with Gasteiger partial charge in [0.15, 0.2) is 0 Å². The molecular formula is C21H26ClN3O2. The van der Waals surface area contributed by atoms with Gasteiger partial charge in [-0.2, -0.15) is 0 Å². The van der Waals surface area contributed by atoms with Crippen molar-refractivity contribution < 1.29 is 9.53 Å². The molecule has 0 saturated carbocycles. The summed E-state index contributed by atoms with van der Waals surface area (Å²) in [5.41, 5.74) is 9.23. The highest BCUT2D eigenvalue weighted by Crippen LogP contribution is 2.26. The minimum atomic E-state index is -0.0942. The first-order valence-electron chi connectivity index (χ1n) is 9.17. The molecule has 0 bridgehead atoms. The monoisotopic (exact) mass is 387 g/mol. The zero-order chi connectivity index (χ0) is 19.4. The van der Waals surface area contributed by atoms with E-state index in [2.05, 4.69) is 0 Å². The first kappa shape index (κ1) is 19.5. The van der Waals surface area contributed by atoms with Crippen LogP contribution in [0.2, 0.25) is 5.02 Å². The molecule has 27 heavy (non-hydrogen) atoms. The Labute approximate surface area is 165 Å². The lowest BCUT2D eigenvalue weighted by molar-refractivity contribution is 0.0508.